The minimum Gasteiger partial charge on any atom is -0.465 e. The summed E-state index contributed by atoms with van der Waals surface area (Å²) in [5, 5.41) is 3.51. The van der Waals surface area contributed by atoms with Crippen molar-refractivity contribution in [2.45, 2.75) is 6.10 Å². The van der Waals surface area contributed by atoms with Crippen LogP contribution in [0.15, 0.2) is 97.2 Å². The summed E-state index contributed by atoms with van der Waals surface area (Å²) in [7, 11) is 0. The zero-order valence-corrected chi connectivity index (χ0v) is 17.8. The van der Waals surface area contributed by atoms with Crippen molar-refractivity contribution in [1.82, 2.24) is 4.98 Å². The van der Waals surface area contributed by atoms with Gasteiger partial charge in [-0.05, 0) is 35.4 Å². The highest BCUT2D eigenvalue weighted by Crippen LogP contribution is 2.28. The van der Waals surface area contributed by atoms with Gasteiger partial charge in [0.1, 0.15) is 0 Å². The number of pyridine rings is 1. The lowest BCUT2D eigenvalue weighted by molar-refractivity contribution is 0.102. The number of aromatic nitrogens is 1. The van der Waals surface area contributed by atoms with Crippen LogP contribution in [0.25, 0.3) is 0 Å². The number of hydrogen-bond donors (Lipinski definition) is 1. The van der Waals surface area contributed by atoms with Crippen molar-refractivity contribution >= 4 is 34.8 Å². The van der Waals surface area contributed by atoms with Gasteiger partial charge in [-0.2, -0.15) is 0 Å². The van der Waals surface area contributed by atoms with Gasteiger partial charge < -0.3 is 10.1 Å². The molecule has 0 unspecified atom stereocenters. The van der Waals surface area contributed by atoms with Gasteiger partial charge in [0.15, 0.2) is 6.10 Å². The Morgan fingerprint density at radius 1 is 0.806 bits per heavy atom. The van der Waals surface area contributed by atoms with Gasteiger partial charge in [-0.15, -0.1) is 0 Å². The quantitative estimate of drug-likeness (QED) is 0.352. The van der Waals surface area contributed by atoms with E-state index in [4.69, 9.17) is 27.9 Å². The number of ether oxygens (including phenoxy) is 1. The summed E-state index contributed by atoms with van der Waals surface area (Å²) in [4.78, 5) is 16.8. The Kier molecular flexibility index (Phi) is 6.51. The topological polar surface area (TPSA) is 51.2 Å². The largest absolute Gasteiger partial charge is 0.465 e. The van der Waals surface area contributed by atoms with Gasteiger partial charge in [-0.1, -0.05) is 83.9 Å². The molecule has 154 valence electrons. The van der Waals surface area contributed by atoms with E-state index in [9.17, 15) is 4.79 Å². The predicted molar refractivity (Wildman–Crippen MR) is 124 cm³/mol. The number of nitrogens with zero attached hydrogens (tertiary/aromatic N) is 1. The van der Waals surface area contributed by atoms with Gasteiger partial charge in [0.2, 0.25) is 5.88 Å². The third kappa shape index (κ3) is 5.23. The lowest BCUT2D eigenvalue weighted by atomic mass is 10.0. The Balaban J connectivity index is 1.50. The zero-order chi connectivity index (χ0) is 21.6. The van der Waals surface area contributed by atoms with Gasteiger partial charge in [-0.25, -0.2) is 4.98 Å². The molecule has 1 aromatic heterocycles. The van der Waals surface area contributed by atoms with Gasteiger partial charge in [0.05, 0.1) is 21.9 Å². The van der Waals surface area contributed by atoms with Crippen LogP contribution >= 0.6 is 23.2 Å². The standard InChI is InChI=1S/C25H18Cl2N2O2/c26-21-13-11-19(15-22(21)27)25(30)29-20-12-14-23(28-16-20)31-24(17-7-3-1-4-8-17)18-9-5-2-6-10-18/h1-16,24H,(H,29,30). The molecule has 0 saturated carbocycles. The van der Waals surface area contributed by atoms with Gasteiger partial charge in [-0.3, -0.25) is 4.79 Å². The Morgan fingerprint density at radius 2 is 1.45 bits per heavy atom. The van der Waals surface area contributed by atoms with Crippen LogP contribution in [0.2, 0.25) is 10.0 Å². The lowest BCUT2D eigenvalue weighted by Gasteiger charge is -2.19. The number of hydrogen-bond acceptors (Lipinski definition) is 3. The van der Waals surface area contributed by atoms with Crippen molar-refractivity contribution in [2.75, 3.05) is 5.32 Å². The summed E-state index contributed by atoms with van der Waals surface area (Å²) in [6.45, 7) is 0. The average molecular weight is 449 g/mol. The summed E-state index contributed by atoms with van der Waals surface area (Å²) in [6.07, 6.45) is 1.25. The molecule has 0 fully saturated rings. The second kappa shape index (κ2) is 9.65. The van der Waals surface area contributed by atoms with Crippen LogP contribution in [0, 0.1) is 0 Å². The van der Waals surface area contributed by atoms with Crippen LogP contribution in [-0.4, -0.2) is 10.9 Å². The second-order valence-electron chi connectivity index (χ2n) is 6.79. The number of benzene rings is 3. The molecule has 4 nitrogen and oxygen atoms in total. The van der Waals surface area contributed by atoms with E-state index >= 15 is 0 Å². The number of amides is 1. The first-order valence-electron chi connectivity index (χ1n) is 9.59. The molecule has 6 heteroatoms. The number of carbonyl (C=O) groups is 1. The van der Waals surface area contributed by atoms with Crippen molar-refractivity contribution in [3.63, 3.8) is 0 Å². The molecular formula is C25H18Cl2N2O2. The van der Waals surface area contributed by atoms with Gasteiger partial charge in [0.25, 0.3) is 5.91 Å². The van der Waals surface area contributed by atoms with Crippen LogP contribution in [0.1, 0.15) is 27.6 Å². The molecule has 0 aliphatic heterocycles. The summed E-state index contributed by atoms with van der Waals surface area (Å²) >= 11 is 11.9. The number of rotatable bonds is 6. The monoisotopic (exact) mass is 448 g/mol. The highest BCUT2D eigenvalue weighted by Gasteiger charge is 2.16. The van der Waals surface area contributed by atoms with E-state index < -0.39 is 0 Å². The van der Waals surface area contributed by atoms with Crippen LogP contribution in [0.5, 0.6) is 5.88 Å². The number of carbonyl (C=O) groups excluding carboxylic acids is 1. The predicted octanol–water partition coefficient (Wildman–Crippen LogP) is 6.81. The smallest absolute Gasteiger partial charge is 0.255 e. The van der Waals surface area contributed by atoms with Gasteiger partial charge in [0, 0.05) is 11.6 Å². The second-order valence-corrected chi connectivity index (χ2v) is 7.60. The van der Waals surface area contributed by atoms with E-state index in [2.05, 4.69) is 10.3 Å². The maximum Gasteiger partial charge on any atom is 0.255 e. The maximum atomic E-state index is 12.4. The van der Waals surface area contributed by atoms with Crippen molar-refractivity contribution in [1.29, 1.82) is 0 Å². The lowest BCUT2D eigenvalue weighted by Crippen LogP contribution is -2.13. The first kappa shape index (κ1) is 20.9. The van der Waals surface area contributed by atoms with Crippen LogP contribution in [0.3, 0.4) is 0 Å². The first-order valence-corrected chi connectivity index (χ1v) is 10.3. The Labute approximate surface area is 190 Å². The van der Waals surface area contributed by atoms with Gasteiger partial charge >= 0.3 is 0 Å². The Bertz CT molecular complexity index is 1130. The Hall–Kier alpha value is -3.34. The zero-order valence-electron chi connectivity index (χ0n) is 16.3. The van der Waals surface area contributed by atoms with Crippen molar-refractivity contribution in [2.24, 2.45) is 0 Å². The summed E-state index contributed by atoms with van der Waals surface area (Å²) < 4.78 is 6.20. The minimum atomic E-state index is -0.305. The highest BCUT2D eigenvalue weighted by atomic mass is 35.5. The van der Waals surface area contributed by atoms with Crippen LogP contribution < -0.4 is 10.1 Å². The molecule has 0 radical (unpaired) electrons. The van der Waals surface area contributed by atoms with E-state index in [0.29, 0.717) is 27.2 Å². The SMILES string of the molecule is O=C(Nc1ccc(OC(c2ccccc2)c2ccccc2)nc1)c1ccc(Cl)c(Cl)c1. The average Bonchev–Trinajstić information content (AvgIpc) is 2.81. The fraction of sp³-hybridized carbons (Fsp3) is 0.0400. The van der Waals surface area contributed by atoms with Crippen molar-refractivity contribution in [3.8, 4) is 5.88 Å². The molecule has 0 aliphatic carbocycles. The molecule has 0 aliphatic rings. The van der Waals surface area contributed by atoms with E-state index in [1.807, 2.05) is 60.7 Å². The van der Waals surface area contributed by atoms with E-state index in [0.717, 1.165) is 11.1 Å². The van der Waals surface area contributed by atoms with Crippen molar-refractivity contribution < 1.29 is 9.53 Å². The summed E-state index contributed by atoms with van der Waals surface area (Å²) in [6, 6.07) is 28.1. The molecule has 31 heavy (non-hydrogen) atoms. The number of anilines is 1. The van der Waals surface area contributed by atoms with E-state index in [1.165, 1.54) is 6.07 Å². The molecule has 3 aromatic carbocycles. The molecule has 1 heterocycles. The fourth-order valence-electron chi connectivity index (χ4n) is 3.07. The molecule has 4 aromatic rings. The normalized spacial score (nSPS) is 10.7. The molecule has 1 amide bonds. The molecule has 0 saturated heterocycles. The maximum absolute atomic E-state index is 12.4. The molecular weight excluding hydrogens is 431 g/mol. The fourth-order valence-corrected chi connectivity index (χ4v) is 3.37. The minimum absolute atomic E-state index is 0.299. The number of halogens is 2. The van der Waals surface area contributed by atoms with E-state index in [-0.39, 0.29) is 12.0 Å². The van der Waals surface area contributed by atoms with Crippen LogP contribution in [0.4, 0.5) is 5.69 Å². The summed E-state index contributed by atoms with van der Waals surface area (Å²) in [5.74, 6) is 0.144. The van der Waals surface area contributed by atoms with E-state index in [1.54, 1.807) is 30.5 Å². The van der Waals surface area contributed by atoms with Crippen molar-refractivity contribution in [3.05, 3.63) is 124 Å². The summed E-state index contributed by atoms with van der Waals surface area (Å²) in [5.41, 5.74) is 2.99. The first-order chi connectivity index (χ1) is 15.1. The number of nitrogens with one attached hydrogen (secondary N) is 1. The molecule has 0 bridgehead atoms. The third-order valence-electron chi connectivity index (χ3n) is 4.62. The third-order valence-corrected chi connectivity index (χ3v) is 5.36. The molecule has 4 rings (SSSR count). The highest BCUT2D eigenvalue weighted by molar-refractivity contribution is 6.42. The molecule has 0 spiro atoms. The van der Waals surface area contributed by atoms with Crippen LogP contribution in [-0.2, 0) is 0 Å². The molecule has 1 N–H and O–H groups in total. The molecule has 0 atom stereocenters. The Morgan fingerprint density at radius 3 is 2.00 bits per heavy atom.